The van der Waals surface area contributed by atoms with Crippen LogP contribution in [0.4, 0.5) is 10.7 Å². The number of anilines is 1. The van der Waals surface area contributed by atoms with Gasteiger partial charge < -0.3 is 13.9 Å². The third-order valence-electron chi connectivity index (χ3n) is 6.72. The quantitative estimate of drug-likeness (QED) is 0.607. The maximum atomic E-state index is 13.1. The normalized spacial score (nSPS) is 19.8. The summed E-state index contributed by atoms with van der Waals surface area (Å²) >= 11 is 0. The van der Waals surface area contributed by atoms with Gasteiger partial charge in [0.1, 0.15) is 11.5 Å². The van der Waals surface area contributed by atoms with Crippen molar-refractivity contribution in [2.24, 2.45) is 0 Å². The molecule has 8 nitrogen and oxygen atoms in total. The van der Waals surface area contributed by atoms with Crippen molar-refractivity contribution in [1.29, 1.82) is 0 Å². The summed E-state index contributed by atoms with van der Waals surface area (Å²) in [4.78, 5) is 36.4. The van der Waals surface area contributed by atoms with E-state index in [4.69, 9.17) is 4.42 Å². The number of nitrogens with zero attached hydrogens (tertiary/aromatic N) is 4. The third-order valence-corrected chi connectivity index (χ3v) is 6.72. The number of furan rings is 1. The number of hydrogen-bond donors (Lipinski definition) is 1. The fourth-order valence-corrected chi connectivity index (χ4v) is 5.08. The number of carbonyl (C=O) groups is 1. The fourth-order valence-electron chi connectivity index (χ4n) is 5.08. The van der Waals surface area contributed by atoms with Crippen LogP contribution in [0.15, 0.2) is 45.9 Å². The summed E-state index contributed by atoms with van der Waals surface area (Å²) in [7, 11) is 0. The Morgan fingerprint density at radius 1 is 1.12 bits per heavy atom. The van der Waals surface area contributed by atoms with Gasteiger partial charge in [0.15, 0.2) is 5.76 Å². The molecule has 0 saturated carbocycles. The highest BCUT2D eigenvalue weighted by Crippen LogP contribution is 2.36. The number of amides is 2. The lowest BCUT2D eigenvalue weighted by Gasteiger charge is -2.34. The van der Waals surface area contributed by atoms with Crippen LogP contribution >= 0.6 is 0 Å². The van der Waals surface area contributed by atoms with Crippen LogP contribution in [0, 0.1) is 6.92 Å². The van der Waals surface area contributed by atoms with Gasteiger partial charge in [-0.2, -0.15) is 0 Å². The molecular formula is C25H29N5O3. The molecule has 3 aromatic rings. The van der Waals surface area contributed by atoms with Crippen molar-refractivity contribution >= 4 is 12.0 Å². The molecule has 8 heteroatoms. The van der Waals surface area contributed by atoms with Gasteiger partial charge in [-0.1, -0.05) is 0 Å². The highest BCUT2D eigenvalue weighted by atomic mass is 16.3. The van der Waals surface area contributed by atoms with Crippen LogP contribution in [0.25, 0.3) is 22.6 Å². The van der Waals surface area contributed by atoms with Crippen LogP contribution in [0.2, 0.25) is 0 Å². The Labute approximate surface area is 192 Å². The van der Waals surface area contributed by atoms with Crippen molar-refractivity contribution in [2.45, 2.75) is 71.0 Å². The smallest absolute Gasteiger partial charge is 0.324 e. The number of carbonyl (C=O) groups excluding carboxylic acids is 1. The molecule has 3 aromatic heterocycles. The molecule has 33 heavy (non-hydrogen) atoms. The summed E-state index contributed by atoms with van der Waals surface area (Å²) in [5, 5.41) is 2.91. The number of aryl methyl sites for hydroxylation is 1. The van der Waals surface area contributed by atoms with Crippen molar-refractivity contribution < 1.29 is 9.21 Å². The standard InChI is InChI=1S/C25H29N5O3/c1-15(2)29-14-17(8-12-22(29)31)20-13-26-24(27-23(20)21-11-7-16(3)33-21)28-25(32)30-18-5-4-6-19(30)10-9-18/h7-8,11-15,18-19H,4-6,9-10H2,1-3H3,(H,26,27,28,32). The van der Waals surface area contributed by atoms with Crippen molar-refractivity contribution in [3.63, 3.8) is 0 Å². The van der Waals surface area contributed by atoms with Crippen LogP contribution in [-0.2, 0) is 0 Å². The molecule has 2 unspecified atom stereocenters. The molecular weight excluding hydrogens is 418 g/mol. The summed E-state index contributed by atoms with van der Waals surface area (Å²) in [6.45, 7) is 5.80. The number of piperidine rings is 1. The Morgan fingerprint density at radius 3 is 2.55 bits per heavy atom. The number of pyridine rings is 1. The van der Waals surface area contributed by atoms with E-state index in [1.54, 1.807) is 22.9 Å². The Bertz CT molecular complexity index is 1230. The first kappa shape index (κ1) is 21.4. The van der Waals surface area contributed by atoms with Gasteiger partial charge in [0.2, 0.25) is 5.95 Å². The number of aromatic nitrogens is 3. The second kappa shape index (κ2) is 8.50. The van der Waals surface area contributed by atoms with E-state index in [9.17, 15) is 9.59 Å². The highest BCUT2D eigenvalue weighted by molar-refractivity contribution is 5.89. The lowest BCUT2D eigenvalue weighted by Crippen LogP contribution is -2.46. The Balaban J connectivity index is 1.51. The number of nitrogens with one attached hydrogen (secondary N) is 1. The van der Waals surface area contributed by atoms with Crippen LogP contribution in [0.1, 0.15) is 57.8 Å². The molecule has 2 atom stereocenters. The first-order valence-electron chi connectivity index (χ1n) is 11.7. The van der Waals surface area contributed by atoms with E-state index in [0.29, 0.717) is 23.5 Å². The number of urea groups is 1. The Morgan fingerprint density at radius 2 is 1.88 bits per heavy atom. The molecule has 0 aliphatic carbocycles. The van der Waals surface area contributed by atoms with Gasteiger partial charge in [0.25, 0.3) is 5.56 Å². The van der Waals surface area contributed by atoms with Crippen LogP contribution in [0.5, 0.6) is 0 Å². The van der Waals surface area contributed by atoms with Crippen LogP contribution < -0.4 is 10.9 Å². The monoisotopic (exact) mass is 447 g/mol. The molecule has 0 spiro atoms. The molecule has 172 valence electrons. The molecule has 1 N–H and O–H groups in total. The molecule has 2 aliphatic rings. The van der Waals surface area contributed by atoms with Gasteiger partial charge in [-0.15, -0.1) is 0 Å². The van der Waals surface area contributed by atoms with Crippen LogP contribution in [-0.4, -0.2) is 37.5 Å². The van der Waals surface area contributed by atoms with Gasteiger partial charge in [0, 0.05) is 47.7 Å². The Hall–Kier alpha value is -3.42. The fraction of sp³-hybridized carbons (Fsp3) is 0.440. The van der Waals surface area contributed by atoms with E-state index in [2.05, 4.69) is 15.3 Å². The lowest BCUT2D eigenvalue weighted by atomic mass is 10.0. The maximum absolute atomic E-state index is 13.1. The molecule has 2 fully saturated rings. The topological polar surface area (TPSA) is 93.3 Å². The number of fused-ring (bicyclic) bond motifs is 2. The van der Waals surface area contributed by atoms with Gasteiger partial charge in [-0.25, -0.2) is 14.8 Å². The predicted octanol–water partition coefficient (Wildman–Crippen LogP) is 5.00. The van der Waals surface area contributed by atoms with Crippen molar-refractivity contribution in [3.8, 4) is 22.6 Å². The molecule has 5 heterocycles. The van der Waals surface area contributed by atoms with E-state index in [1.807, 2.05) is 44.0 Å². The summed E-state index contributed by atoms with van der Waals surface area (Å²) in [6.07, 6.45) is 8.95. The number of hydrogen-bond acceptors (Lipinski definition) is 5. The first-order valence-corrected chi connectivity index (χ1v) is 11.7. The van der Waals surface area contributed by atoms with Crippen molar-refractivity contribution in [1.82, 2.24) is 19.4 Å². The van der Waals surface area contributed by atoms with Gasteiger partial charge in [0.05, 0.1) is 0 Å². The SMILES string of the molecule is Cc1ccc(-c2nc(NC(=O)N3C4CCCC3CC4)ncc2-c2ccc(=O)n(C(C)C)c2)o1. The zero-order chi connectivity index (χ0) is 23.1. The van der Waals surface area contributed by atoms with E-state index in [1.165, 1.54) is 6.42 Å². The van der Waals surface area contributed by atoms with Gasteiger partial charge in [-0.3, -0.25) is 10.1 Å². The van der Waals surface area contributed by atoms with Crippen molar-refractivity contribution in [3.05, 3.63) is 52.8 Å². The zero-order valence-electron chi connectivity index (χ0n) is 19.2. The minimum atomic E-state index is -0.134. The van der Waals surface area contributed by atoms with E-state index in [0.717, 1.165) is 42.6 Å². The minimum Gasteiger partial charge on any atom is -0.460 e. The lowest BCUT2D eigenvalue weighted by molar-refractivity contribution is 0.159. The molecule has 2 amide bonds. The van der Waals surface area contributed by atoms with Crippen molar-refractivity contribution in [2.75, 3.05) is 5.32 Å². The molecule has 0 radical (unpaired) electrons. The average Bonchev–Trinajstić information content (AvgIpc) is 3.34. The predicted molar refractivity (Wildman–Crippen MR) is 126 cm³/mol. The summed E-state index contributed by atoms with van der Waals surface area (Å²) in [5.41, 5.74) is 2.04. The largest absolute Gasteiger partial charge is 0.460 e. The minimum absolute atomic E-state index is 0.0196. The average molecular weight is 448 g/mol. The summed E-state index contributed by atoms with van der Waals surface area (Å²) in [6, 6.07) is 7.56. The molecule has 2 saturated heterocycles. The molecule has 0 aromatic carbocycles. The number of rotatable bonds is 4. The second-order valence-electron chi connectivity index (χ2n) is 9.28. The van der Waals surface area contributed by atoms with E-state index >= 15 is 0 Å². The third kappa shape index (κ3) is 4.05. The molecule has 5 rings (SSSR count). The Kier molecular flexibility index (Phi) is 5.52. The summed E-state index contributed by atoms with van der Waals surface area (Å²) in [5.74, 6) is 1.59. The van der Waals surface area contributed by atoms with Gasteiger partial charge >= 0.3 is 6.03 Å². The van der Waals surface area contributed by atoms with E-state index < -0.39 is 0 Å². The maximum Gasteiger partial charge on any atom is 0.324 e. The second-order valence-corrected chi connectivity index (χ2v) is 9.28. The highest BCUT2D eigenvalue weighted by Gasteiger charge is 2.39. The molecule has 2 bridgehead atoms. The summed E-state index contributed by atoms with van der Waals surface area (Å²) < 4.78 is 7.55. The first-order chi connectivity index (χ1) is 15.9. The van der Waals surface area contributed by atoms with Gasteiger partial charge in [-0.05, 0) is 71.1 Å². The van der Waals surface area contributed by atoms with Crippen LogP contribution in [0.3, 0.4) is 0 Å². The zero-order valence-corrected chi connectivity index (χ0v) is 19.2. The van der Waals surface area contributed by atoms with E-state index in [-0.39, 0.29) is 23.6 Å². The molecule has 2 aliphatic heterocycles.